The number of aromatic amines is 1. The number of H-pyrrole nitrogens is 1. The minimum Gasteiger partial charge on any atom is -0.497 e. The molecule has 0 fully saturated rings. The third-order valence-corrected chi connectivity index (χ3v) is 3.87. The zero-order valence-corrected chi connectivity index (χ0v) is 13.9. The average molecular weight is 341 g/mol. The summed E-state index contributed by atoms with van der Waals surface area (Å²) in [5, 5.41) is 13.9. The van der Waals surface area contributed by atoms with Gasteiger partial charge in [-0.05, 0) is 30.3 Å². The van der Waals surface area contributed by atoms with Crippen molar-refractivity contribution in [3.8, 4) is 11.5 Å². The average Bonchev–Trinajstić information content (AvgIpc) is 2.65. The van der Waals surface area contributed by atoms with E-state index in [0.717, 1.165) is 0 Å². The predicted octanol–water partition coefficient (Wildman–Crippen LogP) is 2.09. The molecule has 3 aromatic rings. The van der Waals surface area contributed by atoms with Crippen molar-refractivity contribution in [3.05, 3.63) is 58.4 Å². The number of benzene rings is 2. The van der Waals surface area contributed by atoms with E-state index < -0.39 is 6.10 Å². The Labute approximate surface area is 144 Å². The number of hydrogen-bond donors (Lipinski definition) is 3. The molecule has 0 saturated heterocycles. The summed E-state index contributed by atoms with van der Waals surface area (Å²) < 4.78 is 10.5. The SMILES string of the molecule is COc1ccc(OC)c(C(O)CNc2nc3ccccc3c(=O)[nH]2)c1. The molecular formula is C18H19N3O4. The molecule has 1 aromatic heterocycles. The summed E-state index contributed by atoms with van der Waals surface area (Å²) in [5.74, 6) is 1.46. The summed E-state index contributed by atoms with van der Waals surface area (Å²) in [6, 6.07) is 12.3. The minimum absolute atomic E-state index is 0.144. The lowest BCUT2D eigenvalue weighted by molar-refractivity contribution is 0.186. The molecule has 25 heavy (non-hydrogen) atoms. The number of aliphatic hydroxyl groups is 1. The number of ether oxygens (including phenoxy) is 2. The molecule has 0 amide bonds. The molecule has 0 aliphatic rings. The standard InChI is InChI=1S/C18H19N3O4/c1-24-11-7-8-16(25-2)13(9-11)15(22)10-19-18-20-14-6-4-3-5-12(14)17(23)21-18/h3-9,15,22H,10H2,1-2H3,(H2,19,20,21,23). The van der Waals surface area contributed by atoms with Gasteiger partial charge in [0, 0.05) is 12.1 Å². The van der Waals surface area contributed by atoms with Gasteiger partial charge in [0.15, 0.2) is 0 Å². The van der Waals surface area contributed by atoms with Crippen LogP contribution in [0.3, 0.4) is 0 Å². The van der Waals surface area contributed by atoms with Gasteiger partial charge in [0.2, 0.25) is 5.95 Å². The Balaban J connectivity index is 1.81. The molecule has 7 nitrogen and oxygen atoms in total. The van der Waals surface area contributed by atoms with Gasteiger partial charge >= 0.3 is 0 Å². The van der Waals surface area contributed by atoms with Gasteiger partial charge in [0.05, 0.1) is 31.2 Å². The van der Waals surface area contributed by atoms with Crippen LogP contribution in [-0.2, 0) is 0 Å². The Morgan fingerprint density at radius 1 is 1.20 bits per heavy atom. The third-order valence-electron chi connectivity index (χ3n) is 3.87. The summed E-state index contributed by atoms with van der Waals surface area (Å²) in [6.07, 6.45) is -0.873. The number of nitrogens with one attached hydrogen (secondary N) is 2. The van der Waals surface area contributed by atoms with Crippen molar-refractivity contribution >= 4 is 16.9 Å². The zero-order chi connectivity index (χ0) is 17.8. The van der Waals surface area contributed by atoms with E-state index in [-0.39, 0.29) is 12.1 Å². The summed E-state index contributed by atoms with van der Waals surface area (Å²) in [6.45, 7) is 0.144. The van der Waals surface area contributed by atoms with E-state index >= 15 is 0 Å². The van der Waals surface area contributed by atoms with Crippen molar-refractivity contribution in [2.45, 2.75) is 6.10 Å². The number of para-hydroxylation sites is 1. The summed E-state index contributed by atoms with van der Waals surface area (Å²) in [5.41, 5.74) is 0.932. The first-order valence-electron chi connectivity index (χ1n) is 7.75. The highest BCUT2D eigenvalue weighted by Crippen LogP contribution is 2.29. The lowest BCUT2D eigenvalue weighted by Crippen LogP contribution is -2.18. The second kappa shape index (κ2) is 7.23. The zero-order valence-electron chi connectivity index (χ0n) is 13.9. The number of anilines is 1. The maximum Gasteiger partial charge on any atom is 0.260 e. The number of rotatable bonds is 6. The van der Waals surface area contributed by atoms with Crippen LogP contribution < -0.4 is 20.3 Å². The van der Waals surface area contributed by atoms with Crippen LogP contribution in [0.5, 0.6) is 11.5 Å². The van der Waals surface area contributed by atoms with Gasteiger partial charge in [-0.15, -0.1) is 0 Å². The molecular weight excluding hydrogens is 322 g/mol. The van der Waals surface area contributed by atoms with Crippen molar-refractivity contribution in [2.75, 3.05) is 26.1 Å². The molecule has 130 valence electrons. The maximum absolute atomic E-state index is 12.1. The molecule has 7 heteroatoms. The molecule has 1 atom stereocenters. The molecule has 0 aliphatic carbocycles. The fraction of sp³-hybridized carbons (Fsp3) is 0.222. The number of methoxy groups -OCH3 is 2. The fourth-order valence-electron chi connectivity index (χ4n) is 2.57. The highest BCUT2D eigenvalue weighted by molar-refractivity contribution is 5.78. The Morgan fingerprint density at radius 3 is 2.76 bits per heavy atom. The number of hydrogen-bond acceptors (Lipinski definition) is 6. The molecule has 0 radical (unpaired) electrons. The smallest absolute Gasteiger partial charge is 0.260 e. The first-order chi connectivity index (χ1) is 12.1. The molecule has 1 unspecified atom stereocenters. The van der Waals surface area contributed by atoms with Crippen LogP contribution >= 0.6 is 0 Å². The molecule has 0 spiro atoms. The van der Waals surface area contributed by atoms with Gasteiger partial charge in [-0.2, -0.15) is 0 Å². The quantitative estimate of drug-likeness (QED) is 0.635. The van der Waals surface area contributed by atoms with Crippen LogP contribution in [-0.4, -0.2) is 35.8 Å². The van der Waals surface area contributed by atoms with Gasteiger partial charge in [-0.3, -0.25) is 9.78 Å². The Bertz CT molecular complexity index is 939. The second-order valence-electron chi connectivity index (χ2n) is 5.44. The van der Waals surface area contributed by atoms with Crippen molar-refractivity contribution in [3.63, 3.8) is 0 Å². The lowest BCUT2D eigenvalue weighted by atomic mass is 10.1. The van der Waals surface area contributed by atoms with Crippen LogP contribution in [0.1, 0.15) is 11.7 Å². The summed E-state index contributed by atoms with van der Waals surface area (Å²) >= 11 is 0. The number of aromatic nitrogens is 2. The Morgan fingerprint density at radius 2 is 2.00 bits per heavy atom. The first kappa shape index (κ1) is 16.8. The molecule has 3 rings (SSSR count). The fourth-order valence-corrected chi connectivity index (χ4v) is 2.57. The van der Waals surface area contributed by atoms with E-state index in [1.165, 1.54) is 7.11 Å². The van der Waals surface area contributed by atoms with Gasteiger partial charge in [0.25, 0.3) is 5.56 Å². The largest absolute Gasteiger partial charge is 0.497 e. The van der Waals surface area contributed by atoms with Crippen LogP contribution in [0.25, 0.3) is 10.9 Å². The van der Waals surface area contributed by atoms with Crippen LogP contribution in [0.2, 0.25) is 0 Å². The van der Waals surface area contributed by atoms with E-state index in [2.05, 4.69) is 15.3 Å². The maximum atomic E-state index is 12.1. The Kier molecular flexibility index (Phi) is 4.85. The molecule has 0 saturated carbocycles. The summed E-state index contributed by atoms with van der Waals surface area (Å²) in [4.78, 5) is 19.1. The monoisotopic (exact) mass is 341 g/mol. The van der Waals surface area contributed by atoms with Gasteiger partial charge < -0.3 is 19.9 Å². The van der Waals surface area contributed by atoms with Gasteiger partial charge in [-0.25, -0.2) is 4.98 Å². The lowest BCUT2D eigenvalue weighted by Gasteiger charge is -2.16. The topological polar surface area (TPSA) is 96.5 Å². The van der Waals surface area contributed by atoms with Crippen LogP contribution in [0.4, 0.5) is 5.95 Å². The molecule has 1 heterocycles. The minimum atomic E-state index is -0.873. The van der Waals surface area contributed by atoms with Crippen molar-refractivity contribution in [2.24, 2.45) is 0 Å². The third kappa shape index (κ3) is 3.56. The van der Waals surface area contributed by atoms with E-state index in [4.69, 9.17) is 9.47 Å². The van der Waals surface area contributed by atoms with Crippen molar-refractivity contribution in [1.29, 1.82) is 0 Å². The van der Waals surface area contributed by atoms with E-state index in [1.807, 2.05) is 6.07 Å². The molecule has 0 bridgehead atoms. The van der Waals surface area contributed by atoms with E-state index in [0.29, 0.717) is 33.9 Å². The van der Waals surface area contributed by atoms with Crippen molar-refractivity contribution < 1.29 is 14.6 Å². The first-order valence-corrected chi connectivity index (χ1v) is 7.75. The van der Waals surface area contributed by atoms with Gasteiger partial charge in [0.1, 0.15) is 11.5 Å². The van der Waals surface area contributed by atoms with Crippen LogP contribution in [0, 0.1) is 0 Å². The van der Waals surface area contributed by atoms with Crippen molar-refractivity contribution in [1.82, 2.24) is 9.97 Å². The molecule has 3 N–H and O–H groups in total. The van der Waals surface area contributed by atoms with E-state index in [9.17, 15) is 9.90 Å². The molecule has 2 aromatic carbocycles. The van der Waals surface area contributed by atoms with Crippen LogP contribution in [0.15, 0.2) is 47.3 Å². The number of fused-ring (bicyclic) bond motifs is 1. The highest BCUT2D eigenvalue weighted by Gasteiger charge is 2.15. The number of nitrogens with zero attached hydrogens (tertiary/aromatic N) is 1. The Hall–Kier alpha value is -3.06. The van der Waals surface area contributed by atoms with E-state index in [1.54, 1.807) is 43.5 Å². The predicted molar refractivity (Wildman–Crippen MR) is 95.4 cm³/mol. The summed E-state index contributed by atoms with van der Waals surface area (Å²) in [7, 11) is 3.09. The molecule has 0 aliphatic heterocycles. The normalized spacial score (nSPS) is 12.0. The van der Waals surface area contributed by atoms with Gasteiger partial charge in [-0.1, -0.05) is 12.1 Å². The second-order valence-corrected chi connectivity index (χ2v) is 5.44. The highest BCUT2D eigenvalue weighted by atomic mass is 16.5. The number of aliphatic hydroxyl groups excluding tert-OH is 1.